The summed E-state index contributed by atoms with van der Waals surface area (Å²) in [6, 6.07) is 0. The zero-order chi connectivity index (χ0) is 7.84. The normalized spacial score (nSPS) is 23.3. The molecule has 0 saturated heterocycles. The number of rotatable bonds is 0. The molecular weight excluding hydrogens is 138 g/mol. The van der Waals surface area contributed by atoms with Crippen LogP contribution in [0.4, 0.5) is 0 Å². The van der Waals surface area contributed by atoms with Crippen LogP contribution in [0.1, 0.15) is 25.0 Å². The summed E-state index contributed by atoms with van der Waals surface area (Å²) in [5.74, 6) is 2.85. The number of nitrogens with zero attached hydrogens (tertiary/aromatic N) is 3. The Balaban J connectivity index is 2.34. The van der Waals surface area contributed by atoms with Crippen molar-refractivity contribution in [1.29, 1.82) is 0 Å². The van der Waals surface area contributed by atoms with Gasteiger partial charge in [0, 0.05) is 13.0 Å². The zero-order valence-electron chi connectivity index (χ0n) is 7.04. The molecule has 2 rings (SSSR count). The Bertz CT molecular complexity index is 264. The van der Waals surface area contributed by atoms with E-state index in [1.54, 1.807) is 0 Å². The predicted molar refractivity (Wildman–Crippen MR) is 42.2 cm³/mol. The quantitative estimate of drug-likeness (QED) is 0.557. The first kappa shape index (κ1) is 6.83. The molecular formula is C8H13N3. The van der Waals surface area contributed by atoms with E-state index in [9.17, 15) is 0 Å². The Morgan fingerprint density at radius 3 is 3.18 bits per heavy atom. The Hall–Kier alpha value is -0.860. The molecule has 0 radical (unpaired) electrons. The molecule has 0 fully saturated rings. The van der Waals surface area contributed by atoms with Crippen molar-refractivity contribution in [2.75, 3.05) is 0 Å². The lowest BCUT2D eigenvalue weighted by Gasteiger charge is -2.17. The molecule has 1 atom stereocenters. The molecule has 60 valence electrons. The van der Waals surface area contributed by atoms with Crippen LogP contribution in [0.25, 0.3) is 0 Å². The molecule has 3 nitrogen and oxygen atoms in total. The fourth-order valence-corrected chi connectivity index (χ4v) is 1.59. The number of fused-ring (bicyclic) bond motifs is 1. The van der Waals surface area contributed by atoms with Gasteiger partial charge in [0.1, 0.15) is 11.6 Å². The van der Waals surface area contributed by atoms with Crippen LogP contribution in [0.3, 0.4) is 0 Å². The highest BCUT2D eigenvalue weighted by Gasteiger charge is 2.16. The molecule has 0 aliphatic carbocycles. The van der Waals surface area contributed by atoms with Crippen LogP contribution < -0.4 is 0 Å². The van der Waals surface area contributed by atoms with Crippen molar-refractivity contribution in [3.63, 3.8) is 0 Å². The van der Waals surface area contributed by atoms with Gasteiger partial charge in [-0.15, -0.1) is 0 Å². The molecule has 11 heavy (non-hydrogen) atoms. The van der Waals surface area contributed by atoms with Gasteiger partial charge in [-0.3, -0.25) is 0 Å². The second kappa shape index (κ2) is 2.32. The van der Waals surface area contributed by atoms with Crippen molar-refractivity contribution in [3.05, 3.63) is 11.6 Å². The smallest absolute Gasteiger partial charge is 0.147 e. The van der Waals surface area contributed by atoms with E-state index in [1.165, 1.54) is 12.2 Å². The van der Waals surface area contributed by atoms with E-state index < -0.39 is 0 Å². The fourth-order valence-electron chi connectivity index (χ4n) is 1.59. The van der Waals surface area contributed by atoms with Gasteiger partial charge < -0.3 is 0 Å². The van der Waals surface area contributed by atoms with Crippen LogP contribution in [-0.4, -0.2) is 14.8 Å². The highest BCUT2D eigenvalue weighted by atomic mass is 15.3. The summed E-state index contributed by atoms with van der Waals surface area (Å²) < 4.78 is 2.05. The minimum atomic E-state index is 0.767. The van der Waals surface area contributed by atoms with Crippen LogP contribution in [-0.2, 0) is 13.0 Å². The molecule has 1 aliphatic rings. The highest BCUT2D eigenvalue weighted by molar-refractivity contribution is 4.94. The van der Waals surface area contributed by atoms with Crippen molar-refractivity contribution in [2.24, 2.45) is 5.92 Å². The maximum atomic E-state index is 4.34. The van der Waals surface area contributed by atoms with Crippen LogP contribution >= 0.6 is 0 Å². The van der Waals surface area contributed by atoms with E-state index in [0.29, 0.717) is 0 Å². The van der Waals surface area contributed by atoms with E-state index in [0.717, 1.165) is 24.7 Å². The van der Waals surface area contributed by atoms with Gasteiger partial charge in [-0.2, -0.15) is 5.10 Å². The number of hydrogen-bond donors (Lipinski definition) is 0. The van der Waals surface area contributed by atoms with Gasteiger partial charge in [0.15, 0.2) is 0 Å². The third kappa shape index (κ3) is 1.15. The summed E-state index contributed by atoms with van der Waals surface area (Å²) in [7, 11) is 0. The Labute approximate surface area is 66.4 Å². The molecule has 1 aromatic rings. The molecule has 0 spiro atoms. The SMILES string of the molecule is Cc1nc2n(n1)CC(C)CC2. The van der Waals surface area contributed by atoms with E-state index in [1.807, 2.05) is 11.6 Å². The van der Waals surface area contributed by atoms with Crippen molar-refractivity contribution in [3.8, 4) is 0 Å². The number of aryl methyl sites for hydroxylation is 2. The van der Waals surface area contributed by atoms with E-state index in [-0.39, 0.29) is 0 Å². The van der Waals surface area contributed by atoms with Crippen molar-refractivity contribution >= 4 is 0 Å². The van der Waals surface area contributed by atoms with Crippen LogP contribution in [0.15, 0.2) is 0 Å². The lowest BCUT2D eigenvalue weighted by atomic mass is 10.0. The monoisotopic (exact) mass is 151 g/mol. The maximum Gasteiger partial charge on any atom is 0.147 e. The first-order chi connectivity index (χ1) is 5.25. The molecule has 1 aliphatic heterocycles. The van der Waals surface area contributed by atoms with Crippen LogP contribution in [0, 0.1) is 12.8 Å². The van der Waals surface area contributed by atoms with Crippen molar-refractivity contribution in [2.45, 2.75) is 33.2 Å². The number of hydrogen-bond acceptors (Lipinski definition) is 2. The predicted octanol–water partition coefficient (Wildman–Crippen LogP) is 1.17. The minimum Gasteiger partial charge on any atom is -0.250 e. The summed E-state index contributed by atoms with van der Waals surface area (Å²) >= 11 is 0. The largest absolute Gasteiger partial charge is 0.250 e. The summed E-state index contributed by atoms with van der Waals surface area (Å²) in [6.45, 7) is 5.27. The standard InChI is InChI=1S/C8H13N3/c1-6-3-4-8-9-7(2)10-11(8)5-6/h6H,3-5H2,1-2H3. The van der Waals surface area contributed by atoms with Gasteiger partial charge in [0.25, 0.3) is 0 Å². The minimum absolute atomic E-state index is 0.767. The Morgan fingerprint density at radius 2 is 2.36 bits per heavy atom. The van der Waals surface area contributed by atoms with Crippen molar-refractivity contribution in [1.82, 2.24) is 14.8 Å². The number of aromatic nitrogens is 3. The topological polar surface area (TPSA) is 30.7 Å². The van der Waals surface area contributed by atoms with Gasteiger partial charge in [-0.1, -0.05) is 6.92 Å². The summed E-state index contributed by atoms with van der Waals surface area (Å²) in [4.78, 5) is 4.34. The van der Waals surface area contributed by atoms with Gasteiger partial charge in [0.2, 0.25) is 0 Å². The lowest BCUT2D eigenvalue weighted by Crippen LogP contribution is -2.18. The highest BCUT2D eigenvalue weighted by Crippen LogP contribution is 2.16. The van der Waals surface area contributed by atoms with Gasteiger partial charge in [0.05, 0.1) is 0 Å². The molecule has 3 heteroatoms. The summed E-state index contributed by atoms with van der Waals surface area (Å²) in [6.07, 6.45) is 2.36. The fraction of sp³-hybridized carbons (Fsp3) is 0.750. The first-order valence-electron chi connectivity index (χ1n) is 4.16. The van der Waals surface area contributed by atoms with Crippen molar-refractivity contribution < 1.29 is 0 Å². The van der Waals surface area contributed by atoms with E-state index in [4.69, 9.17) is 0 Å². The molecule has 0 N–H and O–H groups in total. The van der Waals surface area contributed by atoms with Crippen LogP contribution in [0.5, 0.6) is 0 Å². The van der Waals surface area contributed by atoms with E-state index in [2.05, 4.69) is 17.0 Å². The molecule has 0 amide bonds. The molecule has 0 saturated carbocycles. The Morgan fingerprint density at radius 1 is 1.55 bits per heavy atom. The second-order valence-corrected chi connectivity index (χ2v) is 3.40. The molecule has 1 aromatic heterocycles. The Kier molecular flexibility index (Phi) is 1.44. The summed E-state index contributed by atoms with van der Waals surface area (Å²) in [5, 5.41) is 4.31. The average molecular weight is 151 g/mol. The van der Waals surface area contributed by atoms with E-state index >= 15 is 0 Å². The average Bonchev–Trinajstić information content (AvgIpc) is 2.27. The van der Waals surface area contributed by atoms with Gasteiger partial charge in [-0.25, -0.2) is 9.67 Å². The summed E-state index contributed by atoms with van der Waals surface area (Å²) in [5.41, 5.74) is 0. The zero-order valence-corrected chi connectivity index (χ0v) is 7.04. The molecule has 0 bridgehead atoms. The van der Waals surface area contributed by atoms with Gasteiger partial charge >= 0.3 is 0 Å². The molecule has 1 unspecified atom stereocenters. The lowest BCUT2D eigenvalue weighted by molar-refractivity contribution is 0.367. The van der Waals surface area contributed by atoms with Crippen LogP contribution in [0.2, 0.25) is 0 Å². The second-order valence-electron chi connectivity index (χ2n) is 3.40. The third-order valence-electron chi connectivity index (χ3n) is 2.20. The maximum absolute atomic E-state index is 4.34. The first-order valence-corrected chi connectivity index (χ1v) is 4.16. The molecule has 2 heterocycles. The van der Waals surface area contributed by atoms with Gasteiger partial charge in [-0.05, 0) is 19.3 Å². The third-order valence-corrected chi connectivity index (χ3v) is 2.20. The molecule has 0 aromatic carbocycles.